The van der Waals surface area contributed by atoms with Gasteiger partial charge in [-0.15, -0.1) is 0 Å². The molecule has 0 saturated heterocycles. The Balaban J connectivity index is 0.00000144. The zero-order valence-electron chi connectivity index (χ0n) is 7.08. The van der Waals surface area contributed by atoms with E-state index < -0.39 is 5.97 Å². The van der Waals surface area contributed by atoms with E-state index in [1.165, 1.54) is 25.3 Å². The lowest BCUT2D eigenvalue weighted by molar-refractivity contribution is 0.0696. The molecule has 0 unspecified atom stereocenters. The minimum absolute atomic E-state index is 0. The molecule has 0 aromatic heterocycles. The van der Waals surface area contributed by atoms with Gasteiger partial charge in [0.1, 0.15) is 5.75 Å². The van der Waals surface area contributed by atoms with E-state index in [4.69, 9.17) is 21.4 Å². The zero-order chi connectivity index (χ0) is 9.14. The molecular weight excluding hydrogens is 194 g/mol. The standard InChI is InChI=1S/C8H7ClO3.H3N/c1-12-7-4-5(8(10)11)2-3-6(7)9;/h2-4H,1H3,(H,10,11);1H3. The normalized spacial score (nSPS) is 8.77. The Morgan fingerprint density at radius 2 is 2.15 bits per heavy atom. The monoisotopic (exact) mass is 203 g/mol. The Labute approximate surface area is 80.7 Å². The van der Waals surface area contributed by atoms with Gasteiger partial charge in [0.15, 0.2) is 0 Å². The summed E-state index contributed by atoms with van der Waals surface area (Å²) in [6.07, 6.45) is 0. The quantitative estimate of drug-likeness (QED) is 0.772. The maximum absolute atomic E-state index is 10.5. The molecule has 0 aliphatic carbocycles. The Morgan fingerprint density at radius 3 is 2.62 bits per heavy atom. The molecule has 1 aromatic carbocycles. The van der Waals surface area contributed by atoms with E-state index in [2.05, 4.69) is 0 Å². The van der Waals surface area contributed by atoms with Gasteiger partial charge >= 0.3 is 5.97 Å². The molecule has 0 spiro atoms. The van der Waals surface area contributed by atoms with E-state index >= 15 is 0 Å². The van der Waals surface area contributed by atoms with E-state index in [1.54, 1.807) is 0 Å². The van der Waals surface area contributed by atoms with Crippen molar-refractivity contribution in [1.82, 2.24) is 6.15 Å². The van der Waals surface area contributed by atoms with Gasteiger partial charge in [0.25, 0.3) is 0 Å². The predicted octanol–water partition coefficient (Wildman–Crippen LogP) is 2.21. The fourth-order valence-electron chi connectivity index (χ4n) is 0.793. The van der Waals surface area contributed by atoms with Crippen LogP contribution in [0.1, 0.15) is 10.4 Å². The minimum atomic E-state index is -0.995. The number of rotatable bonds is 2. The van der Waals surface area contributed by atoms with E-state index in [0.717, 1.165) is 0 Å². The largest absolute Gasteiger partial charge is 0.495 e. The number of hydrogen-bond acceptors (Lipinski definition) is 3. The van der Waals surface area contributed by atoms with E-state index in [0.29, 0.717) is 10.8 Å². The van der Waals surface area contributed by atoms with Crippen LogP contribution in [-0.2, 0) is 0 Å². The van der Waals surface area contributed by atoms with Crippen LogP contribution in [0.2, 0.25) is 5.02 Å². The van der Waals surface area contributed by atoms with Crippen molar-refractivity contribution >= 4 is 17.6 Å². The Bertz CT molecular complexity index is 314. The van der Waals surface area contributed by atoms with Gasteiger partial charge in [-0.05, 0) is 18.2 Å². The smallest absolute Gasteiger partial charge is 0.335 e. The molecule has 1 aromatic rings. The van der Waals surface area contributed by atoms with Crippen LogP contribution in [0.4, 0.5) is 0 Å². The summed E-state index contributed by atoms with van der Waals surface area (Å²) in [5.74, 6) is -0.624. The van der Waals surface area contributed by atoms with Crippen LogP contribution in [0.25, 0.3) is 0 Å². The van der Waals surface area contributed by atoms with Crippen molar-refractivity contribution in [2.24, 2.45) is 0 Å². The van der Waals surface area contributed by atoms with Crippen molar-refractivity contribution in [2.75, 3.05) is 7.11 Å². The van der Waals surface area contributed by atoms with Crippen LogP contribution in [-0.4, -0.2) is 18.2 Å². The summed E-state index contributed by atoms with van der Waals surface area (Å²) in [6, 6.07) is 4.29. The molecule has 0 heterocycles. The average Bonchev–Trinajstić information content (AvgIpc) is 2.05. The fourth-order valence-corrected chi connectivity index (χ4v) is 0.988. The van der Waals surface area contributed by atoms with E-state index in [-0.39, 0.29) is 11.7 Å². The summed E-state index contributed by atoms with van der Waals surface area (Å²) in [5, 5.41) is 9.00. The lowest BCUT2D eigenvalue weighted by atomic mass is 10.2. The lowest BCUT2D eigenvalue weighted by Gasteiger charge is -2.02. The van der Waals surface area contributed by atoms with Crippen LogP contribution in [0.3, 0.4) is 0 Å². The molecule has 5 heteroatoms. The summed E-state index contributed by atoms with van der Waals surface area (Å²) < 4.78 is 4.84. The second-order valence-corrected chi connectivity index (χ2v) is 2.56. The number of ether oxygens (including phenoxy) is 1. The van der Waals surface area contributed by atoms with E-state index in [1.807, 2.05) is 0 Å². The van der Waals surface area contributed by atoms with E-state index in [9.17, 15) is 4.79 Å². The van der Waals surface area contributed by atoms with Crippen LogP contribution in [0, 0.1) is 0 Å². The predicted molar refractivity (Wildman–Crippen MR) is 50.0 cm³/mol. The molecule has 0 saturated carbocycles. The summed E-state index contributed by atoms with van der Waals surface area (Å²) in [7, 11) is 1.44. The Morgan fingerprint density at radius 1 is 1.54 bits per heavy atom. The van der Waals surface area contributed by atoms with Crippen LogP contribution in [0.5, 0.6) is 5.75 Å². The molecular formula is C8H10ClNO3. The van der Waals surface area contributed by atoms with Crippen molar-refractivity contribution in [2.45, 2.75) is 0 Å². The first kappa shape index (κ1) is 11.7. The van der Waals surface area contributed by atoms with Crippen molar-refractivity contribution in [3.05, 3.63) is 28.8 Å². The third-order valence-corrected chi connectivity index (χ3v) is 1.71. The topological polar surface area (TPSA) is 81.5 Å². The number of carboxylic acids is 1. The molecule has 0 amide bonds. The summed E-state index contributed by atoms with van der Waals surface area (Å²) in [6.45, 7) is 0. The minimum Gasteiger partial charge on any atom is -0.495 e. The van der Waals surface area contributed by atoms with Gasteiger partial charge in [-0.25, -0.2) is 4.79 Å². The molecule has 4 N–H and O–H groups in total. The second kappa shape index (κ2) is 4.69. The highest BCUT2D eigenvalue weighted by atomic mass is 35.5. The fraction of sp³-hybridized carbons (Fsp3) is 0.125. The maximum atomic E-state index is 10.5. The second-order valence-electron chi connectivity index (χ2n) is 2.15. The molecule has 0 aliphatic rings. The summed E-state index contributed by atoms with van der Waals surface area (Å²) in [5.41, 5.74) is 0.163. The third-order valence-electron chi connectivity index (χ3n) is 1.40. The molecule has 72 valence electrons. The molecule has 13 heavy (non-hydrogen) atoms. The average molecular weight is 204 g/mol. The van der Waals surface area contributed by atoms with Gasteiger partial charge < -0.3 is 16.0 Å². The van der Waals surface area contributed by atoms with Crippen molar-refractivity contribution < 1.29 is 14.6 Å². The number of halogens is 1. The van der Waals surface area contributed by atoms with Crippen LogP contribution in [0.15, 0.2) is 18.2 Å². The highest BCUT2D eigenvalue weighted by molar-refractivity contribution is 6.32. The highest BCUT2D eigenvalue weighted by Crippen LogP contribution is 2.24. The molecule has 0 fully saturated rings. The Kier molecular flexibility index (Phi) is 4.23. The molecule has 1 rings (SSSR count). The summed E-state index contributed by atoms with van der Waals surface area (Å²) >= 11 is 5.68. The van der Waals surface area contributed by atoms with Gasteiger partial charge in [0.05, 0.1) is 17.7 Å². The molecule has 0 radical (unpaired) electrons. The van der Waals surface area contributed by atoms with Crippen molar-refractivity contribution in [3.8, 4) is 5.75 Å². The zero-order valence-corrected chi connectivity index (χ0v) is 7.84. The number of aromatic carboxylic acids is 1. The highest BCUT2D eigenvalue weighted by Gasteiger charge is 2.06. The summed E-state index contributed by atoms with van der Waals surface area (Å²) in [4.78, 5) is 10.5. The number of carboxylic acid groups (broad SMARTS) is 1. The van der Waals surface area contributed by atoms with Crippen molar-refractivity contribution in [3.63, 3.8) is 0 Å². The van der Waals surface area contributed by atoms with Crippen molar-refractivity contribution in [1.29, 1.82) is 0 Å². The van der Waals surface area contributed by atoms with Crippen LogP contribution < -0.4 is 10.9 Å². The lowest BCUT2D eigenvalue weighted by Crippen LogP contribution is -1.96. The van der Waals surface area contributed by atoms with Crippen LogP contribution >= 0.6 is 11.6 Å². The van der Waals surface area contributed by atoms with Gasteiger partial charge in [-0.3, -0.25) is 0 Å². The SMILES string of the molecule is COc1cc(C(=O)O)ccc1Cl.N. The first-order valence-corrected chi connectivity index (χ1v) is 3.60. The maximum Gasteiger partial charge on any atom is 0.335 e. The molecule has 0 bridgehead atoms. The number of carbonyl (C=O) groups is 1. The first-order chi connectivity index (χ1) is 5.65. The number of hydrogen-bond donors (Lipinski definition) is 2. The van der Waals surface area contributed by atoms with Gasteiger partial charge in [-0.1, -0.05) is 11.6 Å². The van der Waals surface area contributed by atoms with Gasteiger partial charge in [-0.2, -0.15) is 0 Å². The molecule has 0 aliphatic heterocycles. The molecule has 4 nitrogen and oxygen atoms in total. The third kappa shape index (κ3) is 2.61. The Hall–Kier alpha value is -1.26. The first-order valence-electron chi connectivity index (χ1n) is 3.22. The molecule has 0 atom stereocenters. The number of benzene rings is 1. The van der Waals surface area contributed by atoms with Gasteiger partial charge in [0.2, 0.25) is 0 Å². The number of methoxy groups -OCH3 is 1. The van der Waals surface area contributed by atoms with Gasteiger partial charge in [0, 0.05) is 0 Å².